The summed E-state index contributed by atoms with van der Waals surface area (Å²) in [5, 5.41) is 0. The van der Waals surface area contributed by atoms with Gasteiger partial charge in [0.15, 0.2) is 0 Å². The molecule has 0 aliphatic carbocycles. The Bertz CT molecular complexity index is 208. The average molecular weight is 200 g/mol. The van der Waals surface area contributed by atoms with Crippen LogP contribution in [-0.4, -0.2) is 43.2 Å². The van der Waals surface area contributed by atoms with E-state index in [9.17, 15) is 4.79 Å². The van der Waals surface area contributed by atoms with E-state index < -0.39 is 5.60 Å². The molecular formula is C10H20N2O2. The first-order chi connectivity index (χ1) is 6.57. The standard InChI is InChI=1S/C10H20N2O2/c1-4-10(2,14-3)9(13)12-6-8(5-11)7-12/h8H,4-7,11H2,1-3H3. The lowest BCUT2D eigenvalue weighted by atomic mass is 9.94. The molecule has 82 valence electrons. The molecule has 0 spiro atoms. The molecule has 1 unspecified atom stereocenters. The Labute approximate surface area is 85.4 Å². The predicted molar refractivity (Wildman–Crippen MR) is 54.8 cm³/mol. The van der Waals surface area contributed by atoms with E-state index in [4.69, 9.17) is 10.5 Å². The van der Waals surface area contributed by atoms with Gasteiger partial charge >= 0.3 is 0 Å². The van der Waals surface area contributed by atoms with E-state index in [1.54, 1.807) is 7.11 Å². The Morgan fingerprint density at radius 2 is 2.21 bits per heavy atom. The van der Waals surface area contributed by atoms with Crippen molar-refractivity contribution in [1.82, 2.24) is 4.90 Å². The highest BCUT2D eigenvalue weighted by Gasteiger charge is 2.40. The van der Waals surface area contributed by atoms with Gasteiger partial charge in [0.2, 0.25) is 0 Å². The van der Waals surface area contributed by atoms with Crippen LogP contribution in [0.1, 0.15) is 20.3 Å². The summed E-state index contributed by atoms with van der Waals surface area (Å²) in [5.74, 6) is 0.573. The zero-order chi connectivity index (χ0) is 10.8. The molecule has 0 aromatic carbocycles. The van der Waals surface area contributed by atoms with E-state index in [1.165, 1.54) is 0 Å². The molecule has 1 heterocycles. The summed E-state index contributed by atoms with van der Waals surface area (Å²) < 4.78 is 5.25. The Morgan fingerprint density at radius 3 is 2.57 bits per heavy atom. The van der Waals surface area contributed by atoms with Crippen molar-refractivity contribution in [2.24, 2.45) is 11.7 Å². The molecule has 0 bridgehead atoms. The number of likely N-dealkylation sites (tertiary alicyclic amines) is 1. The maximum atomic E-state index is 11.9. The minimum absolute atomic E-state index is 0.0900. The number of carbonyl (C=O) groups excluding carboxylic acids is 1. The van der Waals surface area contributed by atoms with Gasteiger partial charge in [-0.3, -0.25) is 4.79 Å². The fourth-order valence-electron chi connectivity index (χ4n) is 1.60. The van der Waals surface area contributed by atoms with Gasteiger partial charge < -0.3 is 15.4 Å². The fraction of sp³-hybridized carbons (Fsp3) is 0.900. The smallest absolute Gasteiger partial charge is 0.254 e. The molecule has 1 aliphatic rings. The van der Waals surface area contributed by atoms with Gasteiger partial charge in [-0.15, -0.1) is 0 Å². The van der Waals surface area contributed by atoms with Crippen molar-refractivity contribution in [3.05, 3.63) is 0 Å². The minimum Gasteiger partial charge on any atom is -0.369 e. The number of nitrogens with zero attached hydrogens (tertiary/aromatic N) is 1. The Hall–Kier alpha value is -0.610. The number of amides is 1. The minimum atomic E-state index is -0.653. The normalized spacial score (nSPS) is 21.6. The van der Waals surface area contributed by atoms with Gasteiger partial charge in [-0.2, -0.15) is 0 Å². The lowest BCUT2D eigenvalue weighted by molar-refractivity contribution is -0.159. The van der Waals surface area contributed by atoms with Gasteiger partial charge in [-0.25, -0.2) is 0 Å². The SMILES string of the molecule is CCC(C)(OC)C(=O)N1CC(CN)C1. The lowest BCUT2D eigenvalue weighted by Gasteiger charge is -2.43. The number of rotatable bonds is 4. The molecule has 1 atom stereocenters. The molecule has 1 amide bonds. The monoisotopic (exact) mass is 200 g/mol. The first kappa shape index (κ1) is 11.5. The zero-order valence-electron chi connectivity index (χ0n) is 9.25. The number of carbonyl (C=O) groups is 1. The van der Waals surface area contributed by atoms with E-state index in [0.29, 0.717) is 18.9 Å². The second-order valence-electron chi connectivity index (χ2n) is 4.10. The third-order valence-corrected chi connectivity index (χ3v) is 3.16. The molecule has 1 aliphatic heterocycles. The first-order valence-electron chi connectivity index (χ1n) is 5.12. The third kappa shape index (κ3) is 1.91. The maximum Gasteiger partial charge on any atom is 0.254 e. The highest BCUT2D eigenvalue weighted by atomic mass is 16.5. The van der Waals surface area contributed by atoms with Crippen molar-refractivity contribution < 1.29 is 9.53 Å². The van der Waals surface area contributed by atoms with Gasteiger partial charge in [-0.1, -0.05) is 6.92 Å². The van der Waals surface area contributed by atoms with Crippen molar-refractivity contribution in [3.63, 3.8) is 0 Å². The summed E-state index contributed by atoms with van der Waals surface area (Å²) in [6.07, 6.45) is 0.701. The van der Waals surface area contributed by atoms with Crippen LogP contribution in [-0.2, 0) is 9.53 Å². The fourth-order valence-corrected chi connectivity index (χ4v) is 1.60. The van der Waals surface area contributed by atoms with Gasteiger partial charge in [0.1, 0.15) is 5.60 Å². The Morgan fingerprint density at radius 1 is 1.64 bits per heavy atom. The molecular weight excluding hydrogens is 180 g/mol. The van der Waals surface area contributed by atoms with E-state index in [-0.39, 0.29) is 5.91 Å². The summed E-state index contributed by atoms with van der Waals surface area (Å²) in [4.78, 5) is 13.8. The van der Waals surface area contributed by atoms with Crippen LogP contribution in [0.3, 0.4) is 0 Å². The highest BCUT2D eigenvalue weighted by Crippen LogP contribution is 2.23. The second-order valence-corrected chi connectivity index (χ2v) is 4.10. The molecule has 0 saturated carbocycles. The van der Waals surface area contributed by atoms with Crippen LogP contribution in [0.25, 0.3) is 0 Å². The average Bonchev–Trinajstić information content (AvgIpc) is 2.15. The summed E-state index contributed by atoms with van der Waals surface area (Å²) >= 11 is 0. The van der Waals surface area contributed by atoms with Crippen LogP contribution in [0.5, 0.6) is 0 Å². The number of ether oxygens (including phenoxy) is 1. The lowest BCUT2D eigenvalue weighted by Crippen LogP contribution is -2.59. The summed E-state index contributed by atoms with van der Waals surface area (Å²) in [5.41, 5.74) is 4.85. The van der Waals surface area contributed by atoms with Crippen LogP contribution in [0.2, 0.25) is 0 Å². The topological polar surface area (TPSA) is 55.6 Å². The van der Waals surface area contributed by atoms with Gasteiger partial charge in [0.05, 0.1) is 0 Å². The molecule has 14 heavy (non-hydrogen) atoms. The molecule has 2 N–H and O–H groups in total. The number of nitrogens with two attached hydrogens (primary N) is 1. The molecule has 0 radical (unpaired) electrons. The van der Waals surface area contributed by atoms with Crippen molar-refractivity contribution in [2.45, 2.75) is 25.9 Å². The van der Waals surface area contributed by atoms with E-state index in [1.807, 2.05) is 18.7 Å². The molecule has 4 heteroatoms. The van der Waals surface area contributed by atoms with Crippen molar-refractivity contribution in [1.29, 1.82) is 0 Å². The quantitative estimate of drug-likeness (QED) is 0.706. The van der Waals surface area contributed by atoms with Crippen molar-refractivity contribution >= 4 is 5.91 Å². The maximum absolute atomic E-state index is 11.9. The van der Waals surface area contributed by atoms with E-state index >= 15 is 0 Å². The third-order valence-electron chi connectivity index (χ3n) is 3.16. The summed E-state index contributed by atoms with van der Waals surface area (Å²) in [7, 11) is 1.58. The molecule has 4 nitrogen and oxygen atoms in total. The van der Waals surface area contributed by atoms with E-state index in [2.05, 4.69) is 0 Å². The van der Waals surface area contributed by atoms with Gasteiger partial charge in [-0.05, 0) is 19.9 Å². The molecule has 0 aromatic rings. The van der Waals surface area contributed by atoms with Crippen LogP contribution in [0.15, 0.2) is 0 Å². The van der Waals surface area contributed by atoms with Crippen LogP contribution in [0, 0.1) is 5.92 Å². The molecule has 1 saturated heterocycles. The predicted octanol–water partition coefficient (Wildman–Crippen LogP) is 0.219. The van der Waals surface area contributed by atoms with Crippen LogP contribution >= 0.6 is 0 Å². The summed E-state index contributed by atoms with van der Waals surface area (Å²) in [6, 6.07) is 0. The van der Waals surface area contributed by atoms with Crippen LogP contribution in [0.4, 0.5) is 0 Å². The zero-order valence-corrected chi connectivity index (χ0v) is 9.25. The largest absolute Gasteiger partial charge is 0.369 e. The molecule has 1 fully saturated rings. The number of hydrogen-bond acceptors (Lipinski definition) is 3. The Kier molecular flexibility index (Phi) is 3.50. The first-order valence-corrected chi connectivity index (χ1v) is 5.12. The molecule has 1 rings (SSSR count). The van der Waals surface area contributed by atoms with E-state index in [0.717, 1.165) is 13.1 Å². The van der Waals surface area contributed by atoms with Crippen LogP contribution < -0.4 is 5.73 Å². The molecule has 0 aromatic heterocycles. The number of methoxy groups -OCH3 is 1. The second kappa shape index (κ2) is 4.28. The van der Waals surface area contributed by atoms with Crippen molar-refractivity contribution in [3.8, 4) is 0 Å². The van der Waals surface area contributed by atoms with Crippen molar-refractivity contribution in [2.75, 3.05) is 26.7 Å². The number of hydrogen-bond donors (Lipinski definition) is 1. The summed E-state index contributed by atoms with van der Waals surface area (Å²) in [6.45, 7) is 6.04. The van der Waals surface area contributed by atoms with Gasteiger partial charge in [0, 0.05) is 26.1 Å². The highest BCUT2D eigenvalue weighted by molar-refractivity contribution is 5.85. The Balaban J connectivity index is 2.50. The van der Waals surface area contributed by atoms with Gasteiger partial charge in [0.25, 0.3) is 5.91 Å².